The lowest BCUT2D eigenvalue weighted by Gasteiger charge is -2.09. The van der Waals surface area contributed by atoms with E-state index in [2.05, 4.69) is 10.0 Å². The van der Waals surface area contributed by atoms with Gasteiger partial charge in [-0.25, -0.2) is 13.1 Å². The molecule has 1 amide bonds. The lowest BCUT2D eigenvalue weighted by atomic mass is 10.2. The van der Waals surface area contributed by atoms with Gasteiger partial charge in [0.1, 0.15) is 0 Å². The molecule has 0 saturated carbocycles. The first-order valence-corrected chi connectivity index (χ1v) is 8.83. The van der Waals surface area contributed by atoms with E-state index < -0.39 is 15.9 Å². The Morgan fingerprint density at radius 2 is 1.87 bits per heavy atom. The third kappa shape index (κ3) is 4.45. The van der Waals surface area contributed by atoms with Crippen LogP contribution in [0.1, 0.15) is 15.9 Å². The van der Waals surface area contributed by atoms with Gasteiger partial charge >= 0.3 is 0 Å². The normalized spacial score (nSPS) is 11.3. The first kappa shape index (κ1) is 17.7. The van der Waals surface area contributed by atoms with Gasteiger partial charge in [0.2, 0.25) is 10.0 Å². The van der Waals surface area contributed by atoms with Gasteiger partial charge in [-0.3, -0.25) is 4.79 Å². The van der Waals surface area contributed by atoms with Crippen LogP contribution in [0.2, 0.25) is 10.0 Å². The molecule has 122 valence electrons. The molecular weight excluding hydrogens is 359 g/mol. The minimum absolute atomic E-state index is 0.0303. The number of hydrogen-bond acceptors (Lipinski definition) is 3. The number of halogens is 2. The van der Waals surface area contributed by atoms with Gasteiger partial charge in [0.25, 0.3) is 5.91 Å². The number of carbonyl (C=O) groups is 1. The molecule has 0 atom stereocenters. The van der Waals surface area contributed by atoms with Crippen LogP contribution in [0.15, 0.2) is 47.4 Å². The Morgan fingerprint density at radius 1 is 1.13 bits per heavy atom. The van der Waals surface area contributed by atoms with Gasteiger partial charge in [-0.2, -0.15) is 0 Å². The van der Waals surface area contributed by atoms with Crippen LogP contribution in [0, 0.1) is 0 Å². The SMILES string of the molecule is CNS(=O)(=O)c1ccc(Cl)c(C(=O)NCc2cccc(Cl)c2)c1. The second kappa shape index (κ2) is 7.31. The van der Waals surface area contributed by atoms with Gasteiger partial charge in [-0.05, 0) is 42.9 Å². The third-order valence-corrected chi connectivity index (χ3v) is 5.08. The fourth-order valence-corrected chi connectivity index (χ4v) is 3.06. The predicted molar refractivity (Wildman–Crippen MR) is 90.3 cm³/mol. The molecule has 0 aliphatic heterocycles. The molecule has 5 nitrogen and oxygen atoms in total. The van der Waals surface area contributed by atoms with Crippen molar-refractivity contribution >= 4 is 39.1 Å². The average molecular weight is 373 g/mol. The predicted octanol–water partition coefficient (Wildman–Crippen LogP) is 2.83. The third-order valence-electron chi connectivity index (χ3n) is 3.10. The molecule has 0 heterocycles. The maximum atomic E-state index is 12.2. The summed E-state index contributed by atoms with van der Waals surface area (Å²) < 4.78 is 25.8. The molecule has 0 spiro atoms. The minimum Gasteiger partial charge on any atom is -0.348 e. The number of sulfonamides is 1. The van der Waals surface area contributed by atoms with Crippen molar-refractivity contribution in [2.45, 2.75) is 11.4 Å². The van der Waals surface area contributed by atoms with Crippen LogP contribution in [-0.4, -0.2) is 21.4 Å². The van der Waals surface area contributed by atoms with Crippen LogP contribution in [0.25, 0.3) is 0 Å². The summed E-state index contributed by atoms with van der Waals surface area (Å²) in [5.74, 6) is -0.469. The molecule has 0 radical (unpaired) electrons. The highest BCUT2D eigenvalue weighted by molar-refractivity contribution is 7.89. The van der Waals surface area contributed by atoms with E-state index in [0.29, 0.717) is 5.02 Å². The van der Waals surface area contributed by atoms with Crippen molar-refractivity contribution in [2.24, 2.45) is 0 Å². The first-order valence-electron chi connectivity index (χ1n) is 6.59. The van der Waals surface area contributed by atoms with E-state index in [4.69, 9.17) is 23.2 Å². The Labute approximate surface area is 144 Å². The van der Waals surface area contributed by atoms with E-state index >= 15 is 0 Å². The molecule has 2 aromatic carbocycles. The van der Waals surface area contributed by atoms with Crippen molar-refractivity contribution in [3.8, 4) is 0 Å². The topological polar surface area (TPSA) is 75.3 Å². The molecule has 23 heavy (non-hydrogen) atoms. The van der Waals surface area contributed by atoms with Crippen LogP contribution in [0.3, 0.4) is 0 Å². The summed E-state index contributed by atoms with van der Waals surface area (Å²) in [7, 11) is -2.36. The Kier molecular flexibility index (Phi) is 5.64. The molecule has 0 aliphatic carbocycles. The number of nitrogens with one attached hydrogen (secondary N) is 2. The van der Waals surface area contributed by atoms with Crippen molar-refractivity contribution in [1.82, 2.24) is 10.0 Å². The van der Waals surface area contributed by atoms with E-state index in [1.54, 1.807) is 18.2 Å². The summed E-state index contributed by atoms with van der Waals surface area (Å²) in [4.78, 5) is 12.2. The zero-order valence-electron chi connectivity index (χ0n) is 12.1. The maximum Gasteiger partial charge on any atom is 0.253 e. The van der Waals surface area contributed by atoms with Crippen molar-refractivity contribution in [3.05, 3.63) is 63.6 Å². The molecule has 0 bridgehead atoms. The van der Waals surface area contributed by atoms with Crippen molar-refractivity contribution in [2.75, 3.05) is 7.05 Å². The number of benzene rings is 2. The smallest absolute Gasteiger partial charge is 0.253 e. The summed E-state index contributed by atoms with van der Waals surface area (Å²) in [6, 6.07) is 11.0. The Bertz CT molecular complexity index is 838. The zero-order chi connectivity index (χ0) is 17.0. The molecule has 0 fully saturated rings. The number of amides is 1. The molecule has 2 rings (SSSR count). The number of rotatable bonds is 5. The summed E-state index contributed by atoms with van der Waals surface area (Å²) in [6.07, 6.45) is 0. The Hall–Kier alpha value is -1.60. The monoisotopic (exact) mass is 372 g/mol. The van der Waals surface area contributed by atoms with Crippen molar-refractivity contribution in [3.63, 3.8) is 0 Å². The number of carbonyl (C=O) groups excluding carboxylic acids is 1. The second-order valence-electron chi connectivity index (χ2n) is 4.66. The van der Waals surface area contributed by atoms with E-state index in [-0.39, 0.29) is 22.0 Å². The van der Waals surface area contributed by atoms with E-state index in [0.717, 1.165) is 5.56 Å². The minimum atomic E-state index is -3.65. The van der Waals surface area contributed by atoms with Gasteiger partial charge in [0.15, 0.2) is 0 Å². The highest BCUT2D eigenvalue weighted by Crippen LogP contribution is 2.20. The van der Waals surface area contributed by atoms with Crippen LogP contribution < -0.4 is 10.0 Å². The van der Waals surface area contributed by atoms with E-state index in [1.807, 2.05) is 6.07 Å². The van der Waals surface area contributed by atoms with Gasteiger partial charge in [0, 0.05) is 11.6 Å². The fraction of sp³-hybridized carbons (Fsp3) is 0.133. The highest BCUT2D eigenvalue weighted by atomic mass is 35.5. The lowest BCUT2D eigenvalue weighted by molar-refractivity contribution is 0.0951. The van der Waals surface area contributed by atoms with Crippen molar-refractivity contribution in [1.29, 1.82) is 0 Å². The molecule has 0 saturated heterocycles. The molecule has 0 unspecified atom stereocenters. The first-order chi connectivity index (χ1) is 10.8. The standard InChI is InChI=1S/C15H14Cl2N2O3S/c1-18-23(21,22)12-5-6-14(17)13(8-12)15(20)19-9-10-3-2-4-11(16)7-10/h2-8,18H,9H2,1H3,(H,19,20). The van der Waals surface area contributed by atoms with Crippen molar-refractivity contribution < 1.29 is 13.2 Å². The van der Waals surface area contributed by atoms with E-state index in [9.17, 15) is 13.2 Å². The molecule has 0 aliphatic rings. The van der Waals surface area contributed by atoms with Crippen LogP contribution >= 0.6 is 23.2 Å². The molecular formula is C15H14Cl2N2O3S. The molecule has 2 N–H and O–H groups in total. The summed E-state index contributed by atoms with van der Waals surface area (Å²) >= 11 is 11.9. The Morgan fingerprint density at radius 3 is 2.52 bits per heavy atom. The van der Waals surface area contributed by atoms with Gasteiger partial charge < -0.3 is 5.32 Å². The van der Waals surface area contributed by atoms with E-state index in [1.165, 1.54) is 25.2 Å². The fourth-order valence-electron chi connectivity index (χ4n) is 1.89. The second-order valence-corrected chi connectivity index (χ2v) is 7.39. The molecule has 8 heteroatoms. The lowest BCUT2D eigenvalue weighted by Crippen LogP contribution is -2.24. The van der Waals surface area contributed by atoms with Crippen LogP contribution in [0.5, 0.6) is 0 Å². The highest BCUT2D eigenvalue weighted by Gasteiger charge is 2.17. The van der Waals surface area contributed by atoms with Gasteiger partial charge in [-0.1, -0.05) is 35.3 Å². The summed E-state index contributed by atoms with van der Waals surface area (Å²) in [6.45, 7) is 0.249. The Balaban J connectivity index is 2.20. The van der Waals surface area contributed by atoms with Crippen LogP contribution in [-0.2, 0) is 16.6 Å². The largest absolute Gasteiger partial charge is 0.348 e. The number of hydrogen-bond donors (Lipinski definition) is 2. The summed E-state index contributed by atoms with van der Waals surface area (Å²) in [5.41, 5.74) is 0.908. The van der Waals surface area contributed by atoms with Crippen LogP contribution in [0.4, 0.5) is 0 Å². The quantitative estimate of drug-likeness (QED) is 0.846. The summed E-state index contributed by atoms with van der Waals surface area (Å²) in [5, 5.41) is 3.42. The molecule has 0 aromatic heterocycles. The van der Waals surface area contributed by atoms with Gasteiger partial charge in [-0.15, -0.1) is 0 Å². The molecule has 2 aromatic rings. The average Bonchev–Trinajstić information content (AvgIpc) is 2.53. The maximum absolute atomic E-state index is 12.2. The zero-order valence-corrected chi connectivity index (χ0v) is 14.5. The van der Waals surface area contributed by atoms with Gasteiger partial charge in [0.05, 0.1) is 15.5 Å².